The molecule has 0 aliphatic carbocycles. The molecule has 0 fully saturated rings. The van der Waals surface area contributed by atoms with Gasteiger partial charge in [-0.05, 0) is 48.5 Å². The molecule has 10 nitrogen and oxygen atoms in total. The number of halogens is 8. The van der Waals surface area contributed by atoms with Gasteiger partial charge in [-0.2, -0.15) is 20.8 Å². The molecule has 0 amide bonds. The largest absolute Gasteiger partial charge is 2.00 e. The van der Waals surface area contributed by atoms with Crippen molar-refractivity contribution in [1.82, 2.24) is 8.97 Å². The number of azo groups is 2. The number of benzene rings is 4. The Morgan fingerprint density at radius 1 is 0.509 bits per heavy atom. The molecule has 292 valence electrons. The summed E-state index contributed by atoms with van der Waals surface area (Å²) in [6, 6.07) is 26.3. The molecule has 0 radical (unpaired) electrons. The minimum absolute atomic E-state index is 0. The zero-order valence-electron chi connectivity index (χ0n) is 31.1. The molecule has 4 aromatic rings. The second-order valence-corrected chi connectivity index (χ2v) is 14.3. The normalized spacial score (nSPS) is 10.5. The Morgan fingerprint density at radius 3 is 1.15 bits per heavy atom. The van der Waals surface area contributed by atoms with Crippen LogP contribution in [0.25, 0.3) is 0 Å². The summed E-state index contributed by atoms with van der Waals surface area (Å²) in [5, 5.41) is 42.4. The maximum absolute atomic E-state index is 8.57. The van der Waals surface area contributed by atoms with E-state index in [9.17, 15) is 0 Å². The predicted molar refractivity (Wildman–Crippen MR) is 211 cm³/mol. The predicted octanol–water partition coefficient (Wildman–Crippen LogP) is -0.124. The average Bonchev–Trinajstić information content (AvgIpc) is 3.05. The standard InChI is InChI=1S/2C18H20Cl2N5.4ClH.Zn/c2*1-25(2,3)14-6-7-15(19)18(12-14)24-23-13-5-8-17(16(20)11-13)22-10-4-9-21;;;;;/h2*5-8,11-12,22H,4,10H2,1-3H3;4*1H;/q2*+1;;;;;+2/p-4. The van der Waals surface area contributed by atoms with Gasteiger partial charge < -0.3 is 60.3 Å². The van der Waals surface area contributed by atoms with Crippen LogP contribution in [0.15, 0.2) is 93.3 Å². The van der Waals surface area contributed by atoms with Crippen molar-refractivity contribution in [2.24, 2.45) is 20.5 Å². The van der Waals surface area contributed by atoms with E-state index in [1.54, 1.807) is 12.1 Å². The first kappa shape index (κ1) is 56.9. The SMILES string of the molecule is C[N+](C)(C)c1ccc(Cl)c(N=Nc2ccc(NCCC#N)c(Cl)c2)c1.C[N+](C)(C)c1ccc(Cl)c(N=Nc2ccc(NCCC#N)c(Cl)c2)c1.[Cl-].[Cl-].[Cl-].[Cl-].[Zn+2]. The van der Waals surface area contributed by atoms with Gasteiger partial charge in [-0.15, -0.1) is 10.2 Å². The number of nitriles is 2. The Labute approximate surface area is 381 Å². The molecule has 4 aromatic carbocycles. The van der Waals surface area contributed by atoms with Gasteiger partial charge in [0.15, 0.2) is 0 Å². The number of rotatable bonds is 12. The molecule has 0 atom stereocenters. The monoisotopic (exact) mass is 956 g/mol. The van der Waals surface area contributed by atoms with Crippen LogP contribution in [-0.4, -0.2) is 55.4 Å². The van der Waals surface area contributed by atoms with E-state index in [-0.39, 0.29) is 69.1 Å². The molecule has 0 spiro atoms. The van der Waals surface area contributed by atoms with E-state index >= 15 is 0 Å². The number of nitrogens with one attached hydrogen (secondary N) is 2. The summed E-state index contributed by atoms with van der Waals surface area (Å²) in [5.74, 6) is 0. The van der Waals surface area contributed by atoms with Crippen LogP contribution in [0.4, 0.5) is 45.5 Å². The van der Waals surface area contributed by atoms with Crippen LogP contribution in [0, 0.1) is 22.7 Å². The summed E-state index contributed by atoms with van der Waals surface area (Å²) in [6.07, 6.45) is 0.831. The summed E-state index contributed by atoms with van der Waals surface area (Å²) >= 11 is 24.9. The number of nitrogens with zero attached hydrogens (tertiary/aromatic N) is 8. The van der Waals surface area contributed by atoms with Crippen LogP contribution in [0.5, 0.6) is 0 Å². The van der Waals surface area contributed by atoms with Gasteiger partial charge >= 0.3 is 19.5 Å². The molecule has 0 bridgehead atoms. The summed E-state index contributed by atoms with van der Waals surface area (Å²) < 4.78 is 1.32. The molecule has 0 unspecified atom stereocenters. The minimum atomic E-state index is 0. The minimum Gasteiger partial charge on any atom is -1.00 e. The third kappa shape index (κ3) is 19.0. The van der Waals surface area contributed by atoms with E-state index < -0.39 is 0 Å². The van der Waals surface area contributed by atoms with Crippen molar-refractivity contribution in [2.75, 3.05) is 66.0 Å². The van der Waals surface area contributed by atoms with Gasteiger partial charge in [0.2, 0.25) is 0 Å². The van der Waals surface area contributed by atoms with Crippen molar-refractivity contribution in [1.29, 1.82) is 10.5 Å². The number of hydrogen-bond donors (Lipinski definition) is 2. The smallest absolute Gasteiger partial charge is 1.00 e. The summed E-state index contributed by atoms with van der Waals surface area (Å²) in [7, 11) is 12.4. The molecule has 2 N–H and O–H groups in total. The molecule has 4 rings (SSSR count). The summed E-state index contributed by atoms with van der Waals surface area (Å²) in [4.78, 5) is 0. The summed E-state index contributed by atoms with van der Waals surface area (Å²) in [5.41, 5.74) is 6.16. The van der Waals surface area contributed by atoms with Gasteiger partial charge in [0.25, 0.3) is 0 Å². The summed E-state index contributed by atoms with van der Waals surface area (Å²) in [6.45, 7) is 1.09. The third-order valence-corrected chi connectivity index (χ3v) is 8.23. The van der Waals surface area contributed by atoms with Gasteiger partial charge in [-0.1, -0.05) is 46.4 Å². The Kier molecular flexibility index (Phi) is 28.1. The van der Waals surface area contributed by atoms with E-state index in [0.29, 0.717) is 77.7 Å². The van der Waals surface area contributed by atoms with Crippen molar-refractivity contribution in [3.63, 3.8) is 0 Å². The fourth-order valence-electron chi connectivity index (χ4n) is 4.14. The zero-order valence-corrected chi connectivity index (χ0v) is 40.1. The molecule has 0 saturated carbocycles. The fraction of sp³-hybridized carbons (Fsp3) is 0.278. The maximum atomic E-state index is 8.57. The van der Waals surface area contributed by atoms with Gasteiger partial charge in [-0.25, -0.2) is 0 Å². The molecule has 0 aliphatic heterocycles. The van der Waals surface area contributed by atoms with E-state index in [2.05, 4.69) is 85.5 Å². The average molecular weight is 962 g/mol. The first-order valence-electron chi connectivity index (χ1n) is 15.5. The fourth-order valence-corrected chi connectivity index (χ4v) is 4.93. The zero-order chi connectivity index (χ0) is 36.9. The van der Waals surface area contributed by atoms with E-state index in [1.807, 2.05) is 60.7 Å². The number of hydrogen-bond acceptors (Lipinski definition) is 8. The molecule has 0 aliphatic rings. The molecule has 0 aromatic heterocycles. The van der Waals surface area contributed by atoms with Crippen molar-refractivity contribution < 1.29 is 69.1 Å². The third-order valence-electron chi connectivity index (χ3n) is 6.96. The Morgan fingerprint density at radius 2 is 0.855 bits per heavy atom. The molecule has 0 saturated heterocycles. The van der Waals surface area contributed by atoms with Crippen LogP contribution in [0.1, 0.15) is 12.8 Å². The quantitative estimate of drug-likeness (QED) is 0.0892. The first-order chi connectivity index (χ1) is 23.6. The molecular weight excluding hydrogens is 921 g/mol. The molecule has 19 heteroatoms. The first-order valence-corrected chi connectivity index (χ1v) is 17.0. The van der Waals surface area contributed by atoms with Gasteiger partial charge in [0, 0.05) is 37.4 Å². The second-order valence-electron chi connectivity index (χ2n) is 12.7. The molecular formula is C36H40Cl8N10Zn. The topological polar surface area (TPSA) is 121 Å². The number of quaternary nitrogens is 2. The van der Waals surface area contributed by atoms with E-state index in [4.69, 9.17) is 56.9 Å². The van der Waals surface area contributed by atoms with Crippen molar-refractivity contribution in [3.8, 4) is 12.1 Å². The van der Waals surface area contributed by atoms with Gasteiger partial charge in [0.05, 0.1) is 110 Å². The van der Waals surface area contributed by atoms with Crippen molar-refractivity contribution in [2.45, 2.75) is 12.8 Å². The second kappa shape index (κ2) is 27.2. The van der Waals surface area contributed by atoms with Gasteiger partial charge in [0.1, 0.15) is 22.7 Å². The molecule has 55 heavy (non-hydrogen) atoms. The van der Waals surface area contributed by atoms with Crippen LogP contribution >= 0.6 is 46.4 Å². The van der Waals surface area contributed by atoms with Crippen LogP contribution in [0.3, 0.4) is 0 Å². The Hall–Kier alpha value is -2.48. The number of anilines is 2. The van der Waals surface area contributed by atoms with Crippen molar-refractivity contribution in [3.05, 3.63) is 92.9 Å². The van der Waals surface area contributed by atoms with Crippen molar-refractivity contribution >= 4 is 91.9 Å². The maximum Gasteiger partial charge on any atom is 2.00 e. The molecule has 0 heterocycles. The Bertz CT molecular complexity index is 1800. The van der Waals surface area contributed by atoms with Crippen LogP contribution in [-0.2, 0) is 19.5 Å². The van der Waals surface area contributed by atoms with E-state index in [1.165, 1.54) is 0 Å². The Balaban J connectivity index is -0.000000901. The van der Waals surface area contributed by atoms with E-state index in [0.717, 1.165) is 22.7 Å². The van der Waals surface area contributed by atoms with Crippen LogP contribution < -0.4 is 69.2 Å². The van der Waals surface area contributed by atoms with Crippen LogP contribution in [0.2, 0.25) is 20.1 Å². The van der Waals surface area contributed by atoms with Gasteiger partial charge in [-0.3, -0.25) is 8.97 Å².